The summed E-state index contributed by atoms with van der Waals surface area (Å²) in [5.74, 6) is -0.0152. The molecular weight excluding hydrogens is 372 g/mol. The number of aromatic nitrogens is 1. The third-order valence-corrected chi connectivity index (χ3v) is 4.89. The molecule has 0 saturated carbocycles. The van der Waals surface area contributed by atoms with E-state index in [-0.39, 0.29) is 0 Å². The fraction of sp³-hybridized carbons (Fsp3) is 0.409. The summed E-state index contributed by atoms with van der Waals surface area (Å²) in [5.41, 5.74) is 1.98. The van der Waals surface area contributed by atoms with Crippen LogP contribution in [-0.2, 0) is 14.3 Å². The van der Waals surface area contributed by atoms with Gasteiger partial charge in [-0.05, 0) is 37.3 Å². The molecule has 7 nitrogen and oxygen atoms in total. The standard InChI is InChI=1S/C22H26N2O5/c1-15-4-3-5-17(12-15)20(22(26)27-2)24-21(25)18-6-7-19(23-13-18)29-14-16-8-10-28-11-9-16/h3-7,12-13,16,20H,8-11,14H2,1-2H3,(H,24,25). The Hall–Kier alpha value is -2.93. The van der Waals surface area contributed by atoms with Crippen LogP contribution < -0.4 is 10.1 Å². The van der Waals surface area contributed by atoms with E-state index in [9.17, 15) is 9.59 Å². The summed E-state index contributed by atoms with van der Waals surface area (Å²) in [7, 11) is 1.30. The van der Waals surface area contributed by atoms with E-state index in [1.807, 2.05) is 25.1 Å². The predicted molar refractivity (Wildman–Crippen MR) is 107 cm³/mol. The number of carbonyl (C=O) groups excluding carboxylic acids is 2. The molecule has 1 aromatic carbocycles. The Morgan fingerprint density at radius 3 is 2.69 bits per heavy atom. The van der Waals surface area contributed by atoms with Crippen LogP contribution in [0.1, 0.15) is 40.4 Å². The van der Waals surface area contributed by atoms with Crippen LogP contribution in [0, 0.1) is 12.8 Å². The minimum absolute atomic E-state index is 0.338. The van der Waals surface area contributed by atoms with Crippen molar-refractivity contribution in [2.75, 3.05) is 26.9 Å². The minimum atomic E-state index is -0.892. The number of nitrogens with one attached hydrogen (secondary N) is 1. The van der Waals surface area contributed by atoms with Crippen LogP contribution >= 0.6 is 0 Å². The normalized spacial score (nSPS) is 15.4. The highest BCUT2D eigenvalue weighted by Gasteiger charge is 2.24. The van der Waals surface area contributed by atoms with Crippen LogP contribution in [0.25, 0.3) is 0 Å². The number of hydrogen-bond acceptors (Lipinski definition) is 6. The molecule has 2 heterocycles. The van der Waals surface area contributed by atoms with E-state index in [4.69, 9.17) is 14.2 Å². The largest absolute Gasteiger partial charge is 0.477 e. The Bertz CT molecular complexity index is 831. The third-order valence-electron chi connectivity index (χ3n) is 4.89. The van der Waals surface area contributed by atoms with Crippen molar-refractivity contribution in [3.8, 4) is 5.88 Å². The Morgan fingerprint density at radius 2 is 2.03 bits per heavy atom. The molecule has 1 atom stereocenters. The van der Waals surface area contributed by atoms with Crippen molar-refractivity contribution in [3.63, 3.8) is 0 Å². The number of hydrogen-bond donors (Lipinski definition) is 1. The number of benzene rings is 1. The van der Waals surface area contributed by atoms with E-state index in [1.54, 1.807) is 18.2 Å². The van der Waals surface area contributed by atoms with E-state index >= 15 is 0 Å². The summed E-state index contributed by atoms with van der Waals surface area (Å²) in [6, 6.07) is 9.77. The molecule has 154 valence electrons. The van der Waals surface area contributed by atoms with Crippen LogP contribution in [0.2, 0.25) is 0 Å². The molecule has 3 rings (SSSR count). The van der Waals surface area contributed by atoms with E-state index in [1.165, 1.54) is 13.3 Å². The topological polar surface area (TPSA) is 86.8 Å². The van der Waals surface area contributed by atoms with Gasteiger partial charge in [-0.25, -0.2) is 9.78 Å². The zero-order valence-corrected chi connectivity index (χ0v) is 16.7. The molecule has 1 aliphatic rings. The molecule has 7 heteroatoms. The first kappa shape index (κ1) is 20.8. The summed E-state index contributed by atoms with van der Waals surface area (Å²) >= 11 is 0. The van der Waals surface area contributed by atoms with Gasteiger partial charge in [0.25, 0.3) is 5.91 Å². The highest BCUT2D eigenvalue weighted by Crippen LogP contribution is 2.19. The van der Waals surface area contributed by atoms with Crippen LogP contribution in [0.15, 0.2) is 42.6 Å². The number of pyridine rings is 1. The first-order valence-electron chi connectivity index (χ1n) is 9.68. The van der Waals surface area contributed by atoms with Crippen molar-refractivity contribution < 1.29 is 23.8 Å². The summed E-state index contributed by atoms with van der Waals surface area (Å²) in [6.45, 7) is 4.04. The van der Waals surface area contributed by atoms with Gasteiger partial charge in [0, 0.05) is 25.5 Å². The molecule has 2 aromatic rings. The van der Waals surface area contributed by atoms with E-state index in [2.05, 4.69) is 10.3 Å². The van der Waals surface area contributed by atoms with Gasteiger partial charge < -0.3 is 19.5 Å². The third kappa shape index (κ3) is 5.77. The molecule has 1 aliphatic heterocycles. The smallest absolute Gasteiger partial charge is 0.333 e. The number of nitrogens with zero attached hydrogens (tertiary/aromatic N) is 1. The molecule has 29 heavy (non-hydrogen) atoms. The second kappa shape index (κ2) is 10.0. The van der Waals surface area contributed by atoms with Crippen molar-refractivity contribution >= 4 is 11.9 Å². The summed E-state index contributed by atoms with van der Waals surface area (Å²) in [5, 5.41) is 2.72. The average Bonchev–Trinajstić information content (AvgIpc) is 2.76. The van der Waals surface area contributed by atoms with Gasteiger partial charge in [-0.15, -0.1) is 0 Å². The highest BCUT2D eigenvalue weighted by molar-refractivity contribution is 5.96. The highest BCUT2D eigenvalue weighted by atomic mass is 16.5. The van der Waals surface area contributed by atoms with Gasteiger partial charge in [-0.1, -0.05) is 29.8 Å². The fourth-order valence-corrected chi connectivity index (χ4v) is 3.18. The van der Waals surface area contributed by atoms with Crippen molar-refractivity contribution in [3.05, 3.63) is 59.3 Å². The quantitative estimate of drug-likeness (QED) is 0.722. The lowest BCUT2D eigenvalue weighted by Crippen LogP contribution is -2.34. The second-order valence-electron chi connectivity index (χ2n) is 7.10. The summed E-state index contributed by atoms with van der Waals surface area (Å²) < 4.78 is 15.9. The molecule has 1 fully saturated rings. The van der Waals surface area contributed by atoms with E-state index < -0.39 is 17.9 Å². The fourth-order valence-electron chi connectivity index (χ4n) is 3.18. The van der Waals surface area contributed by atoms with Gasteiger partial charge in [0.15, 0.2) is 6.04 Å². The molecule has 1 amide bonds. The van der Waals surface area contributed by atoms with Crippen molar-refractivity contribution in [2.45, 2.75) is 25.8 Å². The lowest BCUT2D eigenvalue weighted by atomic mass is 10.0. The maximum Gasteiger partial charge on any atom is 0.333 e. The van der Waals surface area contributed by atoms with Crippen molar-refractivity contribution in [1.82, 2.24) is 10.3 Å². The minimum Gasteiger partial charge on any atom is -0.477 e. The van der Waals surface area contributed by atoms with Crippen LogP contribution in [-0.4, -0.2) is 43.8 Å². The number of esters is 1. The number of amides is 1. The van der Waals surface area contributed by atoms with Crippen molar-refractivity contribution in [1.29, 1.82) is 0 Å². The number of rotatable bonds is 7. The zero-order chi connectivity index (χ0) is 20.6. The molecule has 1 N–H and O–H groups in total. The van der Waals surface area contributed by atoms with Crippen LogP contribution in [0.4, 0.5) is 0 Å². The Kier molecular flexibility index (Phi) is 7.19. The van der Waals surface area contributed by atoms with E-state index in [0.717, 1.165) is 31.6 Å². The van der Waals surface area contributed by atoms with Gasteiger partial charge in [-0.2, -0.15) is 0 Å². The van der Waals surface area contributed by atoms with Gasteiger partial charge >= 0.3 is 5.97 Å². The second-order valence-corrected chi connectivity index (χ2v) is 7.10. The Labute approximate surface area is 170 Å². The Balaban J connectivity index is 1.62. The number of carbonyl (C=O) groups is 2. The van der Waals surface area contributed by atoms with Gasteiger partial charge in [0.1, 0.15) is 0 Å². The molecule has 0 aliphatic carbocycles. The first-order valence-corrected chi connectivity index (χ1v) is 9.68. The molecule has 1 unspecified atom stereocenters. The molecule has 1 aromatic heterocycles. The zero-order valence-electron chi connectivity index (χ0n) is 16.7. The lowest BCUT2D eigenvalue weighted by molar-refractivity contribution is -0.143. The predicted octanol–water partition coefficient (Wildman–Crippen LogP) is 2.84. The van der Waals surface area contributed by atoms with Crippen molar-refractivity contribution in [2.24, 2.45) is 5.92 Å². The monoisotopic (exact) mass is 398 g/mol. The maximum absolute atomic E-state index is 12.6. The lowest BCUT2D eigenvalue weighted by Gasteiger charge is -2.21. The molecule has 0 radical (unpaired) electrons. The van der Waals surface area contributed by atoms with Gasteiger partial charge in [0.2, 0.25) is 5.88 Å². The molecule has 1 saturated heterocycles. The molecular formula is C22H26N2O5. The number of aryl methyl sites for hydroxylation is 1. The first-order chi connectivity index (χ1) is 14.1. The number of ether oxygens (including phenoxy) is 3. The van der Waals surface area contributed by atoms with Gasteiger partial charge in [-0.3, -0.25) is 4.79 Å². The van der Waals surface area contributed by atoms with Crippen LogP contribution in [0.3, 0.4) is 0 Å². The number of methoxy groups -OCH3 is 1. The average molecular weight is 398 g/mol. The Morgan fingerprint density at radius 1 is 1.24 bits per heavy atom. The summed E-state index contributed by atoms with van der Waals surface area (Å²) in [4.78, 5) is 29.0. The van der Waals surface area contributed by atoms with Gasteiger partial charge in [0.05, 0.1) is 19.3 Å². The SMILES string of the molecule is COC(=O)C(NC(=O)c1ccc(OCC2CCOCC2)nc1)c1cccc(C)c1. The maximum atomic E-state index is 12.6. The molecule has 0 spiro atoms. The summed E-state index contributed by atoms with van der Waals surface area (Å²) in [6.07, 6.45) is 3.40. The molecule has 0 bridgehead atoms. The van der Waals surface area contributed by atoms with E-state index in [0.29, 0.717) is 29.5 Å². The van der Waals surface area contributed by atoms with Crippen LogP contribution in [0.5, 0.6) is 5.88 Å².